The van der Waals surface area contributed by atoms with E-state index in [9.17, 15) is 34.8 Å². The number of ether oxygens (including phenoxy) is 4. The van der Waals surface area contributed by atoms with Gasteiger partial charge in [-0.15, -0.1) is 0 Å². The summed E-state index contributed by atoms with van der Waals surface area (Å²) in [6, 6.07) is 0. The molecule has 6 unspecified atom stereocenters. The van der Waals surface area contributed by atoms with Crippen molar-refractivity contribution in [2.45, 2.75) is 224 Å². The summed E-state index contributed by atoms with van der Waals surface area (Å²) in [7, 11) is 0. The highest BCUT2D eigenvalue weighted by Crippen LogP contribution is 2.23. The summed E-state index contributed by atoms with van der Waals surface area (Å²) in [4.78, 5) is 36.8. The van der Waals surface area contributed by atoms with Gasteiger partial charge in [-0.25, -0.2) is 4.79 Å². The van der Waals surface area contributed by atoms with E-state index in [1.165, 1.54) is 70.6 Å². The molecule has 4 N–H and O–H groups in total. The van der Waals surface area contributed by atoms with Crippen LogP contribution in [0.5, 0.6) is 0 Å². The first-order chi connectivity index (χ1) is 28.7. The Balaban J connectivity index is 2.35. The monoisotopic (exact) mass is 835 g/mol. The fraction of sp³-hybridized carbons (Fsp3) is 0.771. The summed E-state index contributed by atoms with van der Waals surface area (Å²) < 4.78 is 21.7. The molecule has 1 fully saturated rings. The Morgan fingerprint density at radius 2 is 0.966 bits per heavy atom. The van der Waals surface area contributed by atoms with Crippen LogP contribution in [-0.4, -0.2) is 88.4 Å². The van der Waals surface area contributed by atoms with Crippen molar-refractivity contribution >= 4 is 17.9 Å². The van der Waals surface area contributed by atoms with Gasteiger partial charge in [0.15, 0.2) is 18.5 Å². The summed E-state index contributed by atoms with van der Waals surface area (Å²) in [5.41, 5.74) is 0. The van der Waals surface area contributed by atoms with E-state index in [0.29, 0.717) is 12.8 Å². The van der Waals surface area contributed by atoms with Crippen LogP contribution < -0.4 is 0 Å². The smallest absolute Gasteiger partial charge is 0.335 e. The summed E-state index contributed by atoms with van der Waals surface area (Å²) in [6.45, 7) is 3.73. The van der Waals surface area contributed by atoms with Gasteiger partial charge in [-0.2, -0.15) is 0 Å². The first-order valence-electron chi connectivity index (χ1n) is 23.2. The number of carbonyl (C=O) groups is 3. The van der Waals surface area contributed by atoms with Crippen molar-refractivity contribution in [3.8, 4) is 0 Å². The van der Waals surface area contributed by atoms with Crippen molar-refractivity contribution in [1.29, 1.82) is 0 Å². The highest BCUT2D eigenvalue weighted by atomic mass is 16.7. The molecule has 0 amide bonds. The second kappa shape index (κ2) is 38.1. The van der Waals surface area contributed by atoms with Crippen molar-refractivity contribution in [3.05, 3.63) is 48.6 Å². The number of hydrogen-bond acceptors (Lipinski definition) is 10. The van der Waals surface area contributed by atoms with Gasteiger partial charge in [0, 0.05) is 12.8 Å². The summed E-state index contributed by atoms with van der Waals surface area (Å²) in [5, 5.41) is 39.8. The predicted octanol–water partition coefficient (Wildman–Crippen LogP) is 10.1. The van der Waals surface area contributed by atoms with Crippen LogP contribution >= 0.6 is 0 Å². The molecule has 1 heterocycles. The standard InChI is InChI=1S/C48H82O11/c1-3-5-7-9-11-13-15-17-19-20-21-22-23-25-26-28-30-32-34-36-41(49)56-38-40(39-57-48-45(53)43(51)44(52)46(59-48)47(54)55)58-42(50)37-35-33-31-29-27-24-18-16-14-12-10-8-6-4-2/h10-13,16-19,40,43-46,48,51-53H,3-9,14-15,20-39H2,1-2H3,(H,54,55)/b12-10-,13-11-,18-16-,19-17-. The number of carboxylic acid groups (broad SMARTS) is 1. The highest BCUT2D eigenvalue weighted by molar-refractivity contribution is 5.73. The van der Waals surface area contributed by atoms with Gasteiger partial charge in [-0.1, -0.05) is 152 Å². The fourth-order valence-corrected chi connectivity index (χ4v) is 6.69. The molecule has 0 bridgehead atoms. The molecular formula is C48H82O11. The van der Waals surface area contributed by atoms with Crippen molar-refractivity contribution in [2.24, 2.45) is 0 Å². The molecule has 11 nitrogen and oxygen atoms in total. The zero-order valence-corrected chi connectivity index (χ0v) is 36.7. The van der Waals surface area contributed by atoms with Crippen LogP contribution in [0.1, 0.15) is 187 Å². The number of unbranched alkanes of at least 4 members (excludes halogenated alkanes) is 19. The molecule has 0 radical (unpaired) electrons. The largest absolute Gasteiger partial charge is 0.479 e. The van der Waals surface area contributed by atoms with Gasteiger partial charge in [-0.05, 0) is 70.6 Å². The Kier molecular flexibility index (Phi) is 35.0. The Hall–Kier alpha value is -2.83. The number of rotatable bonds is 38. The molecule has 59 heavy (non-hydrogen) atoms. The number of carbonyl (C=O) groups excluding carboxylic acids is 2. The van der Waals surface area contributed by atoms with E-state index in [4.69, 9.17) is 18.9 Å². The van der Waals surface area contributed by atoms with Gasteiger partial charge in [0.25, 0.3) is 0 Å². The SMILES string of the molecule is CCCC/C=C\C/C=C\CCCCCCCC(=O)OC(COC(=O)CCCCCCCCCCC/C=C\C/C=C\CCCCC)COC1OC(C(=O)O)C(O)C(O)C1O. The van der Waals surface area contributed by atoms with E-state index >= 15 is 0 Å². The van der Waals surface area contributed by atoms with Crippen LogP contribution in [0.3, 0.4) is 0 Å². The topological polar surface area (TPSA) is 169 Å². The normalized spacial score (nSPS) is 20.3. The average Bonchev–Trinajstić information content (AvgIpc) is 3.22. The molecule has 0 spiro atoms. The van der Waals surface area contributed by atoms with E-state index in [1.54, 1.807) is 0 Å². The maximum atomic E-state index is 12.8. The number of aliphatic hydroxyl groups excluding tert-OH is 3. The molecule has 0 aromatic heterocycles. The number of allylic oxidation sites excluding steroid dienone is 8. The van der Waals surface area contributed by atoms with Crippen LogP contribution in [0.2, 0.25) is 0 Å². The van der Waals surface area contributed by atoms with Crippen molar-refractivity contribution in [3.63, 3.8) is 0 Å². The molecule has 0 aromatic carbocycles. The van der Waals surface area contributed by atoms with Gasteiger partial charge < -0.3 is 39.4 Å². The fourth-order valence-electron chi connectivity index (χ4n) is 6.69. The van der Waals surface area contributed by atoms with E-state index in [2.05, 4.69) is 62.5 Å². The molecule has 1 aliphatic rings. The third-order valence-electron chi connectivity index (χ3n) is 10.4. The summed E-state index contributed by atoms with van der Waals surface area (Å²) >= 11 is 0. The number of aliphatic carboxylic acids is 1. The number of carboxylic acids is 1. The Morgan fingerprint density at radius 3 is 1.46 bits per heavy atom. The number of aliphatic hydroxyl groups is 3. The lowest BCUT2D eigenvalue weighted by Gasteiger charge is -2.38. The second-order valence-corrected chi connectivity index (χ2v) is 15.9. The van der Waals surface area contributed by atoms with Gasteiger partial charge in [0.1, 0.15) is 24.9 Å². The minimum Gasteiger partial charge on any atom is -0.479 e. The number of hydrogen-bond donors (Lipinski definition) is 4. The molecule has 6 atom stereocenters. The van der Waals surface area contributed by atoms with Crippen molar-refractivity contribution < 1.29 is 53.8 Å². The first-order valence-corrected chi connectivity index (χ1v) is 23.2. The molecule has 0 aliphatic carbocycles. The lowest BCUT2D eigenvalue weighted by Crippen LogP contribution is -2.60. The molecule has 0 saturated carbocycles. The Bertz CT molecular complexity index is 1170. The van der Waals surface area contributed by atoms with Gasteiger partial charge in [-0.3, -0.25) is 9.59 Å². The molecule has 340 valence electrons. The molecule has 1 aliphatic heterocycles. The van der Waals surface area contributed by atoms with E-state index in [-0.39, 0.29) is 19.4 Å². The quantitative estimate of drug-likeness (QED) is 0.0265. The van der Waals surface area contributed by atoms with Crippen LogP contribution in [0.15, 0.2) is 48.6 Å². The first kappa shape index (κ1) is 54.2. The summed E-state index contributed by atoms with van der Waals surface area (Å²) in [6.07, 6.45) is 35.8. The second-order valence-electron chi connectivity index (χ2n) is 15.9. The third kappa shape index (κ3) is 29.9. The Morgan fingerprint density at radius 1 is 0.525 bits per heavy atom. The van der Waals surface area contributed by atoms with Gasteiger partial charge >= 0.3 is 17.9 Å². The molecule has 0 aromatic rings. The lowest BCUT2D eigenvalue weighted by molar-refractivity contribution is -0.298. The van der Waals surface area contributed by atoms with Gasteiger partial charge in [0.2, 0.25) is 0 Å². The maximum absolute atomic E-state index is 12.8. The molecule has 11 heteroatoms. The van der Waals surface area contributed by atoms with Crippen LogP contribution in [0.25, 0.3) is 0 Å². The predicted molar refractivity (Wildman–Crippen MR) is 234 cm³/mol. The van der Waals surface area contributed by atoms with Crippen LogP contribution in [-0.2, 0) is 33.3 Å². The highest BCUT2D eigenvalue weighted by Gasteiger charge is 2.47. The zero-order valence-electron chi connectivity index (χ0n) is 36.7. The minimum atomic E-state index is -1.86. The zero-order chi connectivity index (χ0) is 43.2. The van der Waals surface area contributed by atoms with E-state index in [1.807, 2.05) is 0 Å². The van der Waals surface area contributed by atoms with Crippen molar-refractivity contribution in [2.75, 3.05) is 13.2 Å². The van der Waals surface area contributed by atoms with E-state index in [0.717, 1.165) is 77.0 Å². The minimum absolute atomic E-state index is 0.165. The average molecular weight is 835 g/mol. The molecule has 1 rings (SSSR count). The third-order valence-corrected chi connectivity index (χ3v) is 10.4. The Labute approximate surface area is 356 Å². The van der Waals surface area contributed by atoms with Gasteiger partial charge in [0.05, 0.1) is 6.61 Å². The number of esters is 2. The summed E-state index contributed by atoms with van der Waals surface area (Å²) in [5.74, 6) is -2.47. The molecular weight excluding hydrogens is 753 g/mol. The lowest BCUT2D eigenvalue weighted by atomic mass is 9.99. The van der Waals surface area contributed by atoms with Crippen LogP contribution in [0.4, 0.5) is 0 Å². The maximum Gasteiger partial charge on any atom is 0.335 e. The van der Waals surface area contributed by atoms with E-state index < -0.39 is 61.3 Å². The van der Waals surface area contributed by atoms with Crippen molar-refractivity contribution in [1.82, 2.24) is 0 Å². The van der Waals surface area contributed by atoms with Crippen LogP contribution in [0, 0.1) is 0 Å². The molecule has 1 saturated heterocycles.